The first-order chi connectivity index (χ1) is 23.8. The topological polar surface area (TPSA) is 19.4 Å². The molecule has 3 aliphatic carbocycles. The van der Waals surface area contributed by atoms with E-state index >= 15 is 0 Å². The van der Waals surface area contributed by atoms with Crippen LogP contribution in [0.25, 0.3) is 0 Å². The molecule has 2 heterocycles. The van der Waals surface area contributed by atoms with E-state index in [0.29, 0.717) is 17.8 Å². The van der Waals surface area contributed by atoms with E-state index in [0.717, 1.165) is 5.82 Å². The number of nitrogens with zero attached hydrogens (tertiary/aromatic N) is 3. The zero-order chi connectivity index (χ0) is 32.3. The Morgan fingerprint density at radius 1 is 0.500 bits per heavy atom. The molecule has 4 fully saturated rings. The summed E-state index contributed by atoms with van der Waals surface area (Å²) in [5.41, 5.74) is 9.20. The van der Waals surface area contributed by atoms with Gasteiger partial charge < -0.3 is 9.62 Å². The molecule has 0 spiro atoms. The second-order valence-corrected chi connectivity index (χ2v) is 15.7. The van der Waals surface area contributed by atoms with Gasteiger partial charge in [-0.05, 0) is 96.2 Å². The van der Waals surface area contributed by atoms with Crippen LogP contribution in [0.3, 0.4) is 0 Å². The van der Waals surface area contributed by atoms with E-state index in [1.54, 1.807) is 22.4 Å². The van der Waals surface area contributed by atoms with Crippen molar-refractivity contribution in [3.63, 3.8) is 0 Å². The number of pyridine rings is 1. The van der Waals surface area contributed by atoms with E-state index in [9.17, 15) is 0 Å². The summed E-state index contributed by atoms with van der Waals surface area (Å²) >= 11 is 0. The fourth-order valence-corrected chi connectivity index (χ4v) is 10.5. The molecule has 0 unspecified atom stereocenters. The Bertz CT molecular complexity index is 1580. The Morgan fingerprint density at radius 3 is 1.44 bits per heavy atom. The Labute approximate surface area is 293 Å². The number of hydrogen-bond donors (Lipinski definition) is 0. The van der Waals surface area contributed by atoms with Crippen molar-refractivity contribution in [1.82, 2.24) is 4.98 Å². The van der Waals surface area contributed by atoms with Crippen LogP contribution in [0.15, 0.2) is 97.2 Å². The summed E-state index contributed by atoms with van der Waals surface area (Å²) in [6.07, 6.45) is 22.2. The molecule has 0 N–H and O–H groups in total. The minimum absolute atomic E-state index is 0.0551. The predicted molar refractivity (Wildman–Crippen MR) is 203 cm³/mol. The van der Waals surface area contributed by atoms with Crippen LogP contribution in [0, 0.1) is 0 Å². The summed E-state index contributed by atoms with van der Waals surface area (Å²) in [5.74, 6) is 2.97. The molecule has 4 aliphatic rings. The molecule has 245 valence electrons. The van der Waals surface area contributed by atoms with Gasteiger partial charge in [0.2, 0.25) is 0 Å². The molecule has 2 atom stereocenters. The minimum Gasteiger partial charge on any atom is -0.390 e. The van der Waals surface area contributed by atoms with E-state index in [1.165, 1.54) is 107 Å². The van der Waals surface area contributed by atoms with E-state index in [4.69, 9.17) is 4.98 Å². The standard InChI is InChI=1S/C43H51BN3Si/c48-44-46(40-28-16-17-29-45-40)41(35-24-12-4-13-25-35)42(36-26-14-5-15-27-36)47(44)43-38(33-20-8-2-9-21-33)30-37(32-18-6-1-7-19-32)31-39(43)34-22-10-3-11-23-34/h4-5,12-17,24-34,41-42H,1-3,6-11,18-23H2/t41-,42-/m0/s1. The lowest BCUT2D eigenvalue weighted by Crippen LogP contribution is -2.47. The molecule has 0 amide bonds. The van der Waals surface area contributed by atoms with E-state index in [2.05, 4.69) is 105 Å². The molecule has 48 heavy (non-hydrogen) atoms. The lowest BCUT2D eigenvalue weighted by Gasteiger charge is -2.40. The molecule has 1 aliphatic heterocycles. The zero-order valence-electron chi connectivity index (χ0n) is 28.6. The second kappa shape index (κ2) is 14.7. The van der Waals surface area contributed by atoms with Gasteiger partial charge in [-0.25, -0.2) is 4.98 Å². The molecule has 3 aromatic carbocycles. The summed E-state index contributed by atoms with van der Waals surface area (Å²) in [4.78, 5) is 10.4. The zero-order valence-corrected chi connectivity index (χ0v) is 29.6. The maximum Gasteiger partial charge on any atom is 0.347 e. The van der Waals surface area contributed by atoms with Crippen molar-refractivity contribution in [2.45, 2.75) is 126 Å². The maximum absolute atomic E-state index is 5.01. The van der Waals surface area contributed by atoms with E-state index in [-0.39, 0.29) is 18.7 Å². The third-order valence-electron chi connectivity index (χ3n) is 12.2. The van der Waals surface area contributed by atoms with E-state index < -0.39 is 0 Å². The lowest BCUT2D eigenvalue weighted by atomic mass is 9.74. The first kappa shape index (κ1) is 31.9. The maximum atomic E-state index is 5.01. The third kappa shape index (κ3) is 6.28. The SMILES string of the molecule is [Si]B1N(c2ccccn2)[C@@H](c2ccccc2)[C@H](c2ccccc2)N1c1c(C2CCCCC2)cc(C2CCCCC2)cc1C1CCCCC1. The van der Waals surface area contributed by atoms with Crippen LogP contribution in [0.1, 0.15) is 154 Å². The van der Waals surface area contributed by atoms with Gasteiger partial charge in [0.15, 0.2) is 0 Å². The van der Waals surface area contributed by atoms with Crippen molar-refractivity contribution in [2.24, 2.45) is 0 Å². The van der Waals surface area contributed by atoms with Crippen molar-refractivity contribution in [3.05, 3.63) is 125 Å². The number of rotatable bonds is 7. The molecule has 1 aromatic heterocycles. The molecule has 3 nitrogen and oxygen atoms in total. The van der Waals surface area contributed by atoms with Crippen LogP contribution >= 0.6 is 0 Å². The van der Waals surface area contributed by atoms with Gasteiger partial charge >= 0.3 is 6.57 Å². The van der Waals surface area contributed by atoms with Crippen molar-refractivity contribution in [1.29, 1.82) is 0 Å². The average molecular weight is 649 g/mol. The number of anilines is 2. The summed E-state index contributed by atoms with van der Waals surface area (Å²) in [6, 6.07) is 34.7. The Balaban J connectivity index is 1.39. The summed E-state index contributed by atoms with van der Waals surface area (Å²) in [5, 5.41) is 0. The molecular formula is C43H51BN3Si. The molecule has 3 saturated carbocycles. The first-order valence-corrected chi connectivity index (χ1v) is 19.8. The summed E-state index contributed by atoms with van der Waals surface area (Å²) in [6.45, 7) is -0.0551. The molecule has 3 radical (unpaired) electrons. The molecule has 4 aromatic rings. The van der Waals surface area contributed by atoms with Gasteiger partial charge in [0.05, 0.1) is 12.1 Å². The highest BCUT2D eigenvalue weighted by Crippen LogP contribution is 2.54. The van der Waals surface area contributed by atoms with Crippen LogP contribution in [0.4, 0.5) is 11.5 Å². The second-order valence-electron chi connectivity index (χ2n) is 15.1. The fourth-order valence-electron chi connectivity index (χ4n) is 9.89. The fraction of sp³-hybridized carbons (Fsp3) is 0.465. The van der Waals surface area contributed by atoms with Gasteiger partial charge in [0.25, 0.3) is 0 Å². The van der Waals surface area contributed by atoms with Gasteiger partial charge in [-0.3, -0.25) is 0 Å². The normalized spacial score (nSPS) is 23.1. The van der Waals surface area contributed by atoms with Gasteiger partial charge in [-0.2, -0.15) is 0 Å². The minimum atomic E-state index is -0.0551. The van der Waals surface area contributed by atoms with E-state index in [1.807, 2.05) is 12.3 Å². The Hall–Kier alpha value is -3.31. The molecule has 5 heteroatoms. The average Bonchev–Trinajstić information content (AvgIpc) is 3.48. The van der Waals surface area contributed by atoms with Crippen molar-refractivity contribution in [2.75, 3.05) is 9.62 Å². The van der Waals surface area contributed by atoms with Crippen LogP contribution in [-0.4, -0.2) is 21.7 Å². The monoisotopic (exact) mass is 648 g/mol. The van der Waals surface area contributed by atoms with Crippen molar-refractivity contribution in [3.8, 4) is 0 Å². The molecule has 8 rings (SSSR count). The summed E-state index contributed by atoms with van der Waals surface area (Å²) in [7, 11) is 4.52. The van der Waals surface area contributed by atoms with Gasteiger partial charge in [0.1, 0.15) is 5.82 Å². The third-order valence-corrected chi connectivity index (χ3v) is 12.8. The van der Waals surface area contributed by atoms with Crippen LogP contribution < -0.4 is 9.62 Å². The first-order valence-electron chi connectivity index (χ1n) is 19.2. The number of hydrogen-bond acceptors (Lipinski definition) is 3. The molecule has 1 saturated heterocycles. The quantitative estimate of drug-likeness (QED) is 0.186. The van der Waals surface area contributed by atoms with Gasteiger partial charge in [0, 0.05) is 22.0 Å². The Kier molecular flexibility index (Phi) is 9.75. The van der Waals surface area contributed by atoms with Gasteiger partial charge in [-0.1, -0.05) is 137 Å². The number of benzene rings is 3. The predicted octanol–water partition coefficient (Wildman–Crippen LogP) is 11.2. The molecule has 0 bridgehead atoms. The smallest absolute Gasteiger partial charge is 0.347 e. The lowest BCUT2D eigenvalue weighted by molar-refractivity contribution is 0.427. The van der Waals surface area contributed by atoms with Crippen molar-refractivity contribution >= 4 is 28.2 Å². The highest BCUT2D eigenvalue weighted by Gasteiger charge is 2.51. The number of aromatic nitrogens is 1. The summed E-state index contributed by atoms with van der Waals surface area (Å²) < 4.78 is 0. The van der Waals surface area contributed by atoms with Crippen LogP contribution in [0.2, 0.25) is 0 Å². The van der Waals surface area contributed by atoms with Crippen molar-refractivity contribution < 1.29 is 0 Å². The largest absolute Gasteiger partial charge is 0.390 e. The van der Waals surface area contributed by atoms with Crippen LogP contribution in [-0.2, 0) is 0 Å². The highest BCUT2D eigenvalue weighted by atomic mass is 28.1. The Morgan fingerprint density at radius 2 is 0.958 bits per heavy atom. The van der Waals surface area contributed by atoms with Crippen LogP contribution in [0.5, 0.6) is 0 Å². The molecular weight excluding hydrogens is 597 g/mol. The van der Waals surface area contributed by atoms with Gasteiger partial charge in [-0.15, -0.1) is 0 Å². The highest BCUT2D eigenvalue weighted by molar-refractivity contribution is 7.08.